The Morgan fingerprint density at radius 3 is 3.00 bits per heavy atom. The van der Waals surface area contributed by atoms with Crippen LogP contribution in [0.15, 0.2) is 43.0 Å². The highest BCUT2D eigenvalue weighted by atomic mass is 16.6. The summed E-state index contributed by atoms with van der Waals surface area (Å²) in [6.45, 7) is 0.207. The fourth-order valence-corrected chi connectivity index (χ4v) is 3.62. The highest BCUT2D eigenvalue weighted by molar-refractivity contribution is 5.82. The molecule has 30 heavy (non-hydrogen) atoms. The van der Waals surface area contributed by atoms with E-state index in [1.807, 2.05) is 37.4 Å². The molecule has 4 N–H and O–H groups in total. The Bertz CT molecular complexity index is 1210. The van der Waals surface area contributed by atoms with Crippen molar-refractivity contribution in [2.45, 2.75) is 24.9 Å². The van der Waals surface area contributed by atoms with Crippen LogP contribution < -0.4 is 15.8 Å². The molecule has 1 aliphatic rings. The Balaban J connectivity index is 1.30. The van der Waals surface area contributed by atoms with Crippen molar-refractivity contribution in [1.82, 2.24) is 24.5 Å². The normalized spacial score (nSPS) is 21.3. The van der Waals surface area contributed by atoms with Crippen LogP contribution in [0.5, 0.6) is 5.75 Å². The zero-order valence-electron chi connectivity index (χ0n) is 16.3. The number of benzene rings is 1. The molecule has 4 heterocycles. The molecule has 0 bridgehead atoms. The number of aliphatic hydroxyl groups excluding tert-OH is 1. The summed E-state index contributed by atoms with van der Waals surface area (Å²) in [6.07, 6.45) is 1.80. The number of nitrogens with one attached hydrogen (secondary N) is 1. The molecule has 3 atom stereocenters. The second-order valence-electron chi connectivity index (χ2n) is 7.13. The van der Waals surface area contributed by atoms with Gasteiger partial charge in [0.25, 0.3) is 0 Å². The molecule has 1 aliphatic heterocycles. The monoisotopic (exact) mass is 407 g/mol. The van der Waals surface area contributed by atoms with E-state index in [2.05, 4.69) is 25.3 Å². The Morgan fingerprint density at radius 1 is 1.27 bits per heavy atom. The van der Waals surface area contributed by atoms with Crippen LogP contribution in [0.1, 0.15) is 12.6 Å². The molecule has 5 rings (SSSR count). The molecule has 154 valence electrons. The van der Waals surface area contributed by atoms with Gasteiger partial charge in [-0.25, -0.2) is 19.9 Å². The molecule has 0 saturated carbocycles. The van der Waals surface area contributed by atoms with Gasteiger partial charge in [-0.3, -0.25) is 4.57 Å². The van der Waals surface area contributed by atoms with Crippen LogP contribution >= 0.6 is 0 Å². The minimum Gasteiger partial charge on any atom is -0.491 e. The number of nitrogen functional groups attached to an aromatic ring is 1. The average Bonchev–Trinajstić information content (AvgIpc) is 3.35. The van der Waals surface area contributed by atoms with Gasteiger partial charge >= 0.3 is 0 Å². The highest BCUT2D eigenvalue weighted by Crippen LogP contribution is 2.32. The number of rotatable bonds is 5. The van der Waals surface area contributed by atoms with E-state index in [0.717, 1.165) is 16.7 Å². The zero-order chi connectivity index (χ0) is 20.7. The summed E-state index contributed by atoms with van der Waals surface area (Å²) >= 11 is 0. The molecule has 0 radical (unpaired) electrons. The number of fused-ring (bicyclic) bond motifs is 2. The van der Waals surface area contributed by atoms with Gasteiger partial charge in [0, 0.05) is 24.9 Å². The minimum atomic E-state index is -0.680. The number of aliphatic hydroxyl groups is 1. The van der Waals surface area contributed by atoms with E-state index in [1.165, 1.54) is 6.33 Å². The number of anilines is 2. The molecule has 1 aromatic carbocycles. The van der Waals surface area contributed by atoms with E-state index in [4.69, 9.17) is 15.2 Å². The molecule has 0 spiro atoms. The second kappa shape index (κ2) is 7.39. The van der Waals surface area contributed by atoms with Crippen LogP contribution in [0, 0.1) is 0 Å². The number of pyridine rings is 1. The SMILES string of the molecule is CNc1ccc2ccc(OC[C@H]3O[C@@H](n4cnc5c(N)ncnc54)C[C@@H]3O)cc2n1. The van der Waals surface area contributed by atoms with Gasteiger partial charge in [-0.15, -0.1) is 0 Å². The molecule has 0 aliphatic carbocycles. The summed E-state index contributed by atoms with van der Waals surface area (Å²) < 4.78 is 13.7. The van der Waals surface area contributed by atoms with Gasteiger partial charge in [0.2, 0.25) is 0 Å². The van der Waals surface area contributed by atoms with Crippen molar-refractivity contribution >= 4 is 33.7 Å². The number of nitrogens with zero attached hydrogens (tertiary/aromatic N) is 5. The third-order valence-electron chi connectivity index (χ3n) is 5.24. The lowest BCUT2D eigenvalue weighted by Crippen LogP contribution is -2.28. The third-order valence-corrected chi connectivity index (χ3v) is 5.24. The van der Waals surface area contributed by atoms with Crippen molar-refractivity contribution in [3.8, 4) is 5.75 Å². The first-order chi connectivity index (χ1) is 14.6. The molecule has 0 unspecified atom stereocenters. The van der Waals surface area contributed by atoms with Crippen LogP contribution in [0.2, 0.25) is 0 Å². The van der Waals surface area contributed by atoms with Gasteiger partial charge in [0.05, 0.1) is 17.9 Å². The van der Waals surface area contributed by atoms with Gasteiger partial charge in [-0.2, -0.15) is 0 Å². The van der Waals surface area contributed by atoms with E-state index in [9.17, 15) is 5.11 Å². The summed E-state index contributed by atoms with van der Waals surface area (Å²) in [7, 11) is 1.83. The summed E-state index contributed by atoms with van der Waals surface area (Å²) in [6, 6.07) is 9.62. The third kappa shape index (κ3) is 3.25. The van der Waals surface area contributed by atoms with Gasteiger partial charge in [-0.1, -0.05) is 0 Å². The van der Waals surface area contributed by atoms with Crippen molar-refractivity contribution in [3.05, 3.63) is 43.0 Å². The maximum atomic E-state index is 10.5. The van der Waals surface area contributed by atoms with Crippen LogP contribution in [-0.4, -0.2) is 55.5 Å². The van der Waals surface area contributed by atoms with Crippen LogP contribution in [0.4, 0.5) is 11.6 Å². The van der Waals surface area contributed by atoms with Crippen molar-refractivity contribution in [3.63, 3.8) is 0 Å². The molecule has 1 fully saturated rings. The van der Waals surface area contributed by atoms with Crippen molar-refractivity contribution < 1.29 is 14.6 Å². The number of imidazole rings is 1. The number of hydrogen-bond acceptors (Lipinski definition) is 9. The standard InChI is InChI=1S/C20H21N7O3/c1-22-16-5-3-11-2-4-12(6-13(11)26-16)29-8-15-14(28)7-17(30-15)27-10-25-18-19(21)23-9-24-20(18)27/h2-6,9-10,14-15,17,28H,7-8H2,1H3,(H,22,26)(H2,21,23,24)/t14-,15+,17+/m0/s1. The number of nitrogens with two attached hydrogens (primary N) is 1. The smallest absolute Gasteiger partial charge is 0.167 e. The summed E-state index contributed by atoms with van der Waals surface area (Å²) in [5.74, 6) is 1.76. The largest absolute Gasteiger partial charge is 0.491 e. The van der Waals surface area contributed by atoms with Crippen molar-refractivity contribution in [1.29, 1.82) is 0 Å². The second-order valence-corrected chi connectivity index (χ2v) is 7.13. The van der Waals surface area contributed by atoms with Gasteiger partial charge in [0.1, 0.15) is 42.4 Å². The Hall–Kier alpha value is -3.50. The maximum absolute atomic E-state index is 10.5. The van der Waals surface area contributed by atoms with Crippen molar-refractivity contribution in [2.75, 3.05) is 24.7 Å². The lowest BCUT2D eigenvalue weighted by atomic mass is 10.2. The Morgan fingerprint density at radius 2 is 2.13 bits per heavy atom. The van der Waals surface area contributed by atoms with Crippen LogP contribution in [0.25, 0.3) is 22.1 Å². The predicted molar refractivity (Wildman–Crippen MR) is 111 cm³/mol. The van der Waals surface area contributed by atoms with Crippen LogP contribution in [0.3, 0.4) is 0 Å². The maximum Gasteiger partial charge on any atom is 0.167 e. The topological polar surface area (TPSA) is 133 Å². The van der Waals surface area contributed by atoms with E-state index < -0.39 is 18.4 Å². The molecular weight excluding hydrogens is 386 g/mol. The van der Waals surface area contributed by atoms with Crippen molar-refractivity contribution in [2.24, 2.45) is 0 Å². The molecule has 3 aromatic heterocycles. The lowest BCUT2D eigenvalue weighted by Gasteiger charge is -2.16. The molecule has 4 aromatic rings. The average molecular weight is 407 g/mol. The molecule has 0 amide bonds. The lowest BCUT2D eigenvalue weighted by molar-refractivity contribution is -0.0381. The first kappa shape index (κ1) is 18.5. The van der Waals surface area contributed by atoms with Gasteiger partial charge < -0.3 is 25.6 Å². The minimum absolute atomic E-state index is 0.207. The summed E-state index contributed by atoms with van der Waals surface area (Å²) in [5.41, 5.74) is 7.76. The van der Waals surface area contributed by atoms with E-state index >= 15 is 0 Å². The zero-order valence-corrected chi connectivity index (χ0v) is 16.3. The van der Waals surface area contributed by atoms with Gasteiger partial charge in [-0.05, 0) is 24.3 Å². The van der Waals surface area contributed by atoms with E-state index in [1.54, 1.807) is 10.9 Å². The molecule has 10 nitrogen and oxygen atoms in total. The first-order valence-corrected chi connectivity index (χ1v) is 9.60. The Kier molecular flexibility index (Phi) is 4.57. The summed E-state index contributed by atoms with van der Waals surface area (Å²) in [4.78, 5) is 17.0. The molecule has 10 heteroatoms. The molecular formula is C20H21N7O3. The Labute approximate surface area is 171 Å². The first-order valence-electron chi connectivity index (χ1n) is 9.60. The highest BCUT2D eigenvalue weighted by Gasteiger charge is 2.36. The van der Waals surface area contributed by atoms with Crippen LogP contribution in [-0.2, 0) is 4.74 Å². The number of ether oxygens (including phenoxy) is 2. The van der Waals surface area contributed by atoms with E-state index in [-0.39, 0.29) is 6.61 Å². The van der Waals surface area contributed by atoms with E-state index in [0.29, 0.717) is 29.2 Å². The molecule has 1 saturated heterocycles. The summed E-state index contributed by atoms with van der Waals surface area (Å²) in [5, 5.41) is 14.5. The number of aromatic nitrogens is 5. The van der Waals surface area contributed by atoms with Gasteiger partial charge in [0.15, 0.2) is 11.5 Å². The number of hydrogen-bond donors (Lipinski definition) is 3. The quantitative estimate of drug-likeness (QED) is 0.452. The fourth-order valence-electron chi connectivity index (χ4n) is 3.62. The predicted octanol–water partition coefficient (Wildman–Crippen LogP) is 1.73. The fraction of sp³-hybridized carbons (Fsp3) is 0.300.